The fourth-order valence-electron chi connectivity index (χ4n) is 6.68. The topological polar surface area (TPSA) is 50.2 Å². The number of ketones is 1. The molecule has 235 valence electrons. The van der Waals surface area contributed by atoms with E-state index in [2.05, 4.69) is 93.6 Å². The fourth-order valence-corrected chi connectivity index (χ4v) is 6.68. The smallest absolute Gasteiger partial charge is 0.162 e. The van der Waals surface area contributed by atoms with Crippen LogP contribution in [0.2, 0.25) is 0 Å². The molecule has 1 radical (unpaired) electrons. The van der Waals surface area contributed by atoms with E-state index in [-0.39, 0.29) is 43.5 Å². The van der Waals surface area contributed by atoms with Crippen LogP contribution < -0.4 is 0 Å². The molecule has 0 fully saturated rings. The molecule has 0 aliphatic carbocycles. The van der Waals surface area contributed by atoms with Gasteiger partial charge in [-0.15, -0.1) is 34.9 Å². The van der Waals surface area contributed by atoms with Gasteiger partial charge in [0.1, 0.15) is 0 Å². The average Bonchev–Trinajstić information content (AvgIpc) is 3.00. The van der Waals surface area contributed by atoms with Crippen molar-refractivity contribution in [2.24, 2.45) is 11.8 Å². The van der Waals surface area contributed by atoms with Crippen molar-refractivity contribution in [3.05, 3.63) is 101 Å². The van der Waals surface area contributed by atoms with Gasteiger partial charge in [0.15, 0.2) is 5.78 Å². The molecule has 6 aromatic rings. The van der Waals surface area contributed by atoms with E-state index in [0.29, 0.717) is 0 Å². The van der Waals surface area contributed by atoms with Gasteiger partial charge in [0, 0.05) is 43.4 Å². The summed E-state index contributed by atoms with van der Waals surface area (Å²) in [6, 6.07) is 27.9. The Bertz CT molecular complexity index is 1960. The van der Waals surface area contributed by atoms with Crippen LogP contribution >= 0.6 is 0 Å². The average molecular weight is 775 g/mol. The third kappa shape index (κ3) is 6.98. The molecule has 3 nitrogen and oxygen atoms in total. The maximum absolute atomic E-state index is 11.7. The normalized spacial score (nSPS) is 11.9. The first-order valence-corrected chi connectivity index (χ1v) is 16.1. The quantitative estimate of drug-likeness (QED) is 0.0551. The summed E-state index contributed by atoms with van der Waals surface area (Å²) in [5.74, 6) is 0.547. The number of allylic oxidation sites excluding steroid dienone is 2. The molecule has 5 aromatic carbocycles. The number of fused-ring (bicyclic) bond motifs is 2. The van der Waals surface area contributed by atoms with Crippen LogP contribution in [-0.2, 0) is 24.9 Å². The van der Waals surface area contributed by atoms with Gasteiger partial charge in [-0.2, -0.15) is 0 Å². The molecular weight excluding hydrogens is 731 g/mol. The zero-order chi connectivity index (χ0) is 31.5. The van der Waals surface area contributed by atoms with Gasteiger partial charge in [-0.3, -0.25) is 9.78 Å². The number of aryl methyl sites for hydroxylation is 3. The molecule has 0 amide bonds. The van der Waals surface area contributed by atoms with Gasteiger partial charge in [0.05, 0.1) is 11.3 Å². The molecule has 1 heterocycles. The number of nitrogens with zero attached hydrogens (tertiary/aromatic N) is 1. The van der Waals surface area contributed by atoms with E-state index >= 15 is 0 Å². The minimum Gasteiger partial charge on any atom is -0.512 e. The molecule has 0 spiro atoms. The predicted molar refractivity (Wildman–Crippen MR) is 188 cm³/mol. The molecular formula is C41H44IrNO2-. The Labute approximate surface area is 281 Å². The van der Waals surface area contributed by atoms with Gasteiger partial charge >= 0.3 is 0 Å². The fraction of sp³-hybridized carbons (Fsp3) is 0.317. The molecule has 4 heteroatoms. The zero-order valence-corrected chi connectivity index (χ0v) is 29.9. The second-order valence-corrected chi connectivity index (χ2v) is 12.2. The summed E-state index contributed by atoms with van der Waals surface area (Å²) in [4.78, 5) is 16.8. The molecule has 0 aliphatic heterocycles. The van der Waals surface area contributed by atoms with Crippen LogP contribution in [0.5, 0.6) is 0 Å². The number of pyridine rings is 1. The van der Waals surface area contributed by atoms with Crippen LogP contribution in [0.1, 0.15) is 70.1 Å². The number of carbonyl (C=O) groups excluding carboxylic acids is 1. The predicted octanol–water partition coefficient (Wildman–Crippen LogP) is 11.4. The van der Waals surface area contributed by atoms with E-state index in [0.717, 1.165) is 48.0 Å². The Morgan fingerprint density at radius 2 is 1.33 bits per heavy atom. The summed E-state index contributed by atoms with van der Waals surface area (Å²) in [6.45, 7) is 14.5. The molecule has 1 N–H and O–H groups in total. The van der Waals surface area contributed by atoms with Crippen LogP contribution in [0.3, 0.4) is 0 Å². The summed E-state index contributed by atoms with van der Waals surface area (Å²) in [5, 5.41) is 18.8. The van der Waals surface area contributed by atoms with Crippen LogP contribution in [0.25, 0.3) is 54.5 Å². The third-order valence-electron chi connectivity index (χ3n) is 9.04. The first-order chi connectivity index (χ1) is 21.2. The number of benzene rings is 5. The number of aliphatic hydroxyl groups is 1. The van der Waals surface area contributed by atoms with E-state index in [4.69, 9.17) is 4.98 Å². The zero-order valence-electron chi connectivity index (χ0n) is 27.5. The maximum Gasteiger partial charge on any atom is 0.162 e. The second kappa shape index (κ2) is 14.7. The van der Waals surface area contributed by atoms with Crippen molar-refractivity contribution in [3.63, 3.8) is 0 Å². The maximum atomic E-state index is 11.7. The Kier molecular flexibility index (Phi) is 11.2. The molecule has 0 saturated carbocycles. The minimum absolute atomic E-state index is 0. The van der Waals surface area contributed by atoms with Gasteiger partial charge in [-0.1, -0.05) is 90.1 Å². The van der Waals surface area contributed by atoms with Gasteiger partial charge in [-0.25, -0.2) is 0 Å². The summed E-state index contributed by atoms with van der Waals surface area (Å²) in [7, 11) is 0. The SMILES string of the molecule is CCC(CC)C(=O)/C=C(\O)C(CC)CC.Cc1[c-]c(-c2cc3c4cccc5cccc(c6cc(C)cc(n2)c63)c54)cc(C)c1.[Ir]. The Morgan fingerprint density at radius 3 is 1.91 bits per heavy atom. The number of aromatic nitrogens is 1. The summed E-state index contributed by atoms with van der Waals surface area (Å²) >= 11 is 0. The number of rotatable bonds is 8. The Morgan fingerprint density at radius 1 is 0.756 bits per heavy atom. The monoisotopic (exact) mass is 775 g/mol. The summed E-state index contributed by atoms with van der Waals surface area (Å²) in [6.07, 6.45) is 4.91. The summed E-state index contributed by atoms with van der Waals surface area (Å²) in [5.41, 5.74) is 6.74. The molecule has 6 rings (SSSR count). The van der Waals surface area contributed by atoms with Gasteiger partial charge in [0.25, 0.3) is 0 Å². The van der Waals surface area contributed by atoms with Crippen molar-refractivity contribution in [2.75, 3.05) is 0 Å². The number of hydrogen-bond acceptors (Lipinski definition) is 3. The van der Waals surface area contributed by atoms with Crippen LogP contribution in [0, 0.1) is 38.7 Å². The molecule has 1 aromatic heterocycles. The largest absolute Gasteiger partial charge is 0.512 e. The molecule has 0 saturated heterocycles. The Hall–Kier alpha value is -3.59. The van der Waals surface area contributed by atoms with Gasteiger partial charge in [-0.05, 0) is 82.2 Å². The molecule has 0 aliphatic rings. The third-order valence-corrected chi connectivity index (χ3v) is 9.04. The number of hydrogen-bond donors (Lipinski definition) is 1. The van der Waals surface area contributed by atoms with Crippen LogP contribution in [0.4, 0.5) is 0 Å². The van der Waals surface area contributed by atoms with Gasteiger partial charge in [0.2, 0.25) is 0 Å². The molecule has 0 bridgehead atoms. The number of aliphatic hydroxyl groups excluding tert-OH is 1. The van der Waals surface area contributed by atoms with Gasteiger partial charge < -0.3 is 5.11 Å². The summed E-state index contributed by atoms with van der Waals surface area (Å²) < 4.78 is 0. The molecule has 0 atom stereocenters. The molecule has 45 heavy (non-hydrogen) atoms. The first kappa shape index (κ1) is 34.3. The van der Waals surface area contributed by atoms with Crippen molar-refractivity contribution < 1.29 is 30.0 Å². The van der Waals surface area contributed by atoms with Crippen LogP contribution in [-0.4, -0.2) is 15.9 Å². The van der Waals surface area contributed by atoms with E-state index in [9.17, 15) is 9.90 Å². The van der Waals surface area contributed by atoms with E-state index in [1.807, 2.05) is 27.7 Å². The van der Waals surface area contributed by atoms with Crippen molar-refractivity contribution in [2.45, 2.75) is 74.1 Å². The van der Waals surface area contributed by atoms with E-state index < -0.39 is 0 Å². The Balaban J connectivity index is 0.000000249. The minimum atomic E-state index is 0. The molecule has 0 unspecified atom stereocenters. The van der Waals surface area contributed by atoms with Crippen LogP contribution in [0.15, 0.2) is 78.6 Å². The van der Waals surface area contributed by atoms with Crippen molar-refractivity contribution in [3.8, 4) is 11.3 Å². The second-order valence-electron chi connectivity index (χ2n) is 12.2. The first-order valence-electron chi connectivity index (χ1n) is 16.1. The van der Waals surface area contributed by atoms with E-state index in [1.165, 1.54) is 54.9 Å². The van der Waals surface area contributed by atoms with Crippen molar-refractivity contribution in [1.82, 2.24) is 4.98 Å². The van der Waals surface area contributed by atoms with Crippen molar-refractivity contribution >= 4 is 49.0 Å². The number of carbonyl (C=O) groups is 1. The standard InChI is InChI=1S/C28H20N.C13H24O2.Ir/c1-16-10-17(2)12-20(11-16)25-15-24-22-9-5-7-19-6-4-8-21(27(19)22)23-13-18(3)14-26(29-25)28(23)24;1-5-10(6-2)12(14)9-13(15)11(7-3)8-4;/h4-11,13-15H,1-3H3;9-11,14H,5-8H2,1-4H3;/q-1;;/b;12-9-;. The van der Waals surface area contributed by atoms with Crippen molar-refractivity contribution in [1.29, 1.82) is 0 Å². The van der Waals surface area contributed by atoms with E-state index in [1.54, 1.807) is 0 Å².